The van der Waals surface area contributed by atoms with Crippen LogP contribution in [0.2, 0.25) is 0 Å². The molecule has 0 bridgehead atoms. The molecule has 8 atom stereocenters. The van der Waals surface area contributed by atoms with Gasteiger partial charge in [0.2, 0.25) is 0 Å². The van der Waals surface area contributed by atoms with Crippen LogP contribution in [0.3, 0.4) is 0 Å². The lowest BCUT2D eigenvalue weighted by molar-refractivity contribution is -0.154. The normalized spacial score (nSPS) is 30.9. The number of hydrogen-bond acceptors (Lipinski definition) is 6. The maximum absolute atomic E-state index is 13.0. The van der Waals surface area contributed by atoms with Gasteiger partial charge < -0.3 is 19.0 Å². The topological polar surface area (TPSA) is 86.0 Å². The summed E-state index contributed by atoms with van der Waals surface area (Å²) in [6.07, 6.45) is 17.3. The van der Waals surface area contributed by atoms with Crippen LogP contribution < -0.4 is 10.2 Å². The summed E-state index contributed by atoms with van der Waals surface area (Å²) in [5, 5.41) is 10.7. The van der Waals surface area contributed by atoms with Crippen LogP contribution in [0.1, 0.15) is 112 Å². The van der Waals surface area contributed by atoms with Crippen LogP contribution in [0.25, 0.3) is 22.3 Å². The molecular weight excluding hydrogens is 636 g/mol. The molecule has 0 unspecified atom stereocenters. The van der Waals surface area contributed by atoms with Gasteiger partial charge in [-0.2, -0.15) is 0 Å². The molecule has 3 aromatic rings. The number of allylic oxidation sites excluding steroid dienone is 1. The molecule has 1 aromatic heterocycles. The van der Waals surface area contributed by atoms with E-state index in [1.54, 1.807) is 6.07 Å². The molecule has 4 aliphatic rings. The Kier molecular flexibility index (Phi) is 10.2. The Hall–Kier alpha value is -3.54. The predicted molar refractivity (Wildman–Crippen MR) is 203 cm³/mol. The molecule has 6 heteroatoms. The van der Waals surface area contributed by atoms with E-state index in [1.807, 2.05) is 30.3 Å². The van der Waals surface area contributed by atoms with Crippen LogP contribution in [0, 0.1) is 46.3 Å². The summed E-state index contributed by atoms with van der Waals surface area (Å²) < 4.78 is 17.8. The summed E-state index contributed by atoms with van der Waals surface area (Å²) in [6.45, 7) is 12.1. The van der Waals surface area contributed by atoms with E-state index in [9.17, 15) is 14.7 Å². The minimum Gasteiger partial charge on any atom is -0.507 e. The Bertz CT molecular complexity index is 1810. The zero-order valence-electron chi connectivity index (χ0n) is 31.4. The van der Waals surface area contributed by atoms with Gasteiger partial charge in [-0.05, 0) is 97.7 Å². The highest BCUT2D eigenvalue weighted by Gasteiger charge is 2.56. The third-order valence-electron chi connectivity index (χ3n) is 13.9. The van der Waals surface area contributed by atoms with Crippen molar-refractivity contribution in [1.82, 2.24) is 0 Å². The third kappa shape index (κ3) is 7.26. The molecular formula is C45H58O6. The molecule has 7 rings (SSSR count). The molecule has 2 aromatic carbocycles. The van der Waals surface area contributed by atoms with Gasteiger partial charge in [-0.1, -0.05) is 95.9 Å². The number of carbonyl (C=O) groups is 1. The quantitative estimate of drug-likeness (QED) is 0.168. The smallest absolute Gasteiger partial charge is 0.344 e. The van der Waals surface area contributed by atoms with Crippen molar-refractivity contribution < 1.29 is 23.8 Å². The number of hydrogen-bond donors (Lipinski definition) is 1. The largest absolute Gasteiger partial charge is 0.507 e. The van der Waals surface area contributed by atoms with Crippen molar-refractivity contribution in [2.45, 2.75) is 118 Å². The zero-order valence-corrected chi connectivity index (χ0v) is 31.4. The van der Waals surface area contributed by atoms with E-state index in [2.05, 4.69) is 40.7 Å². The molecule has 3 saturated carbocycles. The van der Waals surface area contributed by atoms with Gasteiger partial charge in [-0.3, -0.25) is 4.79 Å². The second kappa shape index (κ2) is 14.5. The van der Waals surface area contributed by atoms with Crippen LogP contribution >= 0.6 is 0 Å². The molecule has 0 radical (unpaired) electrons. The number of phenols is 1. The number of rotatable bonds is 10. The fraction of sp³-hybridized carbons (Fsp3) is 0.600. The molecule has 4 aliphatic carbocycles. The van der Waals surface area contributed by atoms with Crippen LogP contribution in [-0.2, 0) is 9.53 Å². The van der Waals surface area contributed by atoms with Crippen LogP contribution in [0.15, 0.2) is 69.4 Å². The van der Waals surface area contributed by atoms with Gasteiger partial charge >= 0.3 is 5.97 Å². The molecule has 3 fully saturated rings. The van der Waals surface area contributed by atoms with Gasteiger partial charge in [0.05, 0.1) is 0 Å². The van der Waals surface area contributed by atoms with Gasteiger partial charge in [0.1, 0.15) is 34.3 Å². The second-order valence-electron chi connectivity index (χ2n) is 17.6. The average Bonchev–Trinajstić information content (AvgIpc) is 3.10. The van der Waals surface area contributed by atoms with Crippen molar-refractivity contribution in [3.05, 3.63) is 70.4 Å². The van der Waals surface area contributed by atoms with E-state index in [-0.39, 0.29) is 46.0 Å². The Labute approximate surface area is 304 Å². The van der Waals surface area contributed by atoms with E-state index in [1.165, 1.54) is 75.5 Å². The molecule has 274 valence electrons. The molecule has 1 heterocycles. The molecule has 0 spiro atoms. The van der Waals surface area contributed by atoms with Crippen molar-refractivity contribution in [2.75, 3.05) is 6.61 Å². The Balaban J connectivity index is 0.956. The van der Waals surface area contributed by atoms with E-state index in [0.29, 0.717) is 11.2 Å². The highest BCUT2D eigenvalue weighted by molar-refractivity contribution is 5.86. The summed E-state index contributed by atoms with van der Waals surface area (Å²) >= 11 is 0. The summed E-state index contributed by atoms with van der Waals surface area (Å²) in [6, 6.07) is 13.6. The van der Waals surface area contributed by atoms with E-state index < -0.39 is 5.97 Å². The lowest BCUT2D eigenvalue weighted by Crippen LogP contribution is -2.52. The summed E-state index contributed by atoms with van der Waals surface area (Å²) in [5.74, 6) is 4.80. The number of carbonyl (C=O) groups excluding carboxylic acids is 1. The number of phenolic OH excluding ortho intramolecular Hbond substituents is 1. The standard InChI is InChI=1S/C45H58O6/c1-28(2)10-9-11-29(3)31-14-17-36-35-16-15-32-22-33(18-21-45(32,5)37(35)19-20-44(36,4)26-31)50-42(48)27-49-34-23-38(46)43-39(47)25-40(51-41(43)24-34)30-12-7-6-8-13-30/h6-8,12-13,15,23-25,28-29,31,33,35-37,46H,9-11,14,16-22,26-27H2,1-5H3/t29-,31-,33+,35+,36-,37+,44+,45-/m0/s1. The van der Waals surface area contributed by atoms with Crippen molar-refractivity contribution in [3.63, 3.8) is 0 Å². The first-order valence-corrected chi connectivity index (χ1v) is 19.8. The van der Waals surface area contributed by atoms with Crippen molar-refractivity contribution >= 4 is 16.9 Å². The molecule has 51 heavy (non-hydrogen) atoms. The maximum atomic E-state index is 13.0. The van der Waals surface area contributed by atoms with E-state index in [0.717, 1.165) is 60.3 Å². The number of benzene rings is 2. The van der Waals surface area contributed by atoms with Gasteiger partial charge in [-0.25, -0.2) is 4.79 Å². The highest BCUT2D eigenvalue weighted by Crippen LogP contribution is 2.65. The monoisotopic (exact) mass is 694 g/mol. The van der Waals surface area contributed by atoms with Gasteiger partial charge in [0.25, 0.3) is 0 Å². The minimum absolute atomic E-state index is 0.0789. The first kappa shape index (κ1) is 35.8. The second-order valence-corrected chi connectivity index (χ2v) is 17.6. The minimum atomic E-state index is -0.430. The average molecular weight is 695 g/mol. The first-order valence-electron chi connectivity index (χ1n) is 19.8. The molecule has 0 saturated heterocycles. The number of aromatic hydroxyl groups is 1. The number of ether oxygens (including phenoxy) is 2. The summed E-state index contributed by atoms with van der Waals surface area (Å²) in [5.41, 5.74) is 2.76. The van der Waals surface area contributed by atoms with Gasteiger partial charge in [0.15, 0.2) is 12.0 Å². The molecule has 0 amide bonds. The van der Waals surface area contributed by atoms with E-state index in [4.69, 9.17) is 13.9 Å². The SMILES string of the molecule is CC(C)CCC[C@H](C)[C@H]1CC[C@H]2[C@H]3CC=C4C[C@H](OC(=O)COc5cc(O)c6c(=O)cc(-c7ccccc7)oc6c5)CC[C@]4(C)[C@@H]3CC[C@]2(C)C1. The van der Waals surface area contributed by atoms with Crippen LogP contribution in [-0.4, -0.2) is 23.8 Å². The lowest BCUT2D eigenvalue weighted by Gasteiger charge is -2.61. The van der Waals surface area contributed by atoms with Crippen molar-refractivity contribution in [2.24, 2.45) is 46.3 Å². The van der Waals surface area contributed by atoms with Crippen molar-refractivity contribution in [1.29, 1.82) is 0 Å². The Morgan fingerprint density at radius 2 is 1.78 bits per heavy atom. The lowest BCUT2D eigenvalue weighted by atomic mass is 9.44. The van der Waals surface area contributed by atoms with Crippen molar-refractivity contribution in [3.8, 4) is 22.8 Å². The Morgan fingerprint density at radius 1 is 0.980 bits per heavy atom. The summed E-state index contributed by atoms with van der Waals surface area (Å²) in [4.78, 5) is 25.9. The first-order chi connectivity index (χ1) is 24.4. The predicted octanol–water partition coefficient (Wildman–Crippen LogP) is 10.9. The molecule has 0 aliphatic heterocycles. The zero-order chi connectivity index (χ0) is 35.9. The van der Waals surface area contributed by atoms with Crippen LogP contribution in [0.4, 0.5) is 0 Å². The number of esters is 1. The van der Waals surface area contributed by atoms with Crippen LogP contribution in [0.5, 0.6) is 11.5 Å². The fourth-order valence-corrected chi connectivity index (χ4v) is 11.0. The molecule has 6 nitrogen and oxygen atoms in total. The third-order valence-corrected chi connectivity index (χ3v) is 13.9. The highest BCUT2D eigenvalue weighted by atomic mass is 16.6. The summed E-state index contributed by atoms with van der Waals surface area (Å²) in [7, 11) is 0. The van der Waals surface area contributed by atoms with Gasteiger partial charge in [0, 0.05) is 30.2 Å². The van der Waals surface area contributed by atoms with Gasteiger partial charge in [-0.15, -0.1) is 0 Å². The van der Waals surface area contributed by atoms with E-state index >= 15 is 0 Å². The number of fused-ring (bicyclic) bond motifs is 6. The fourth-order valence-electron chi connectivity index (χ4n) is 11.0. The maximum Gasteiger partial charge on any atom is 0.344 e. The molecule has 1 N–H and O–H groups in total. The Morgan fingerprint density at radius 3 is 2.57 bits per heavy atom.